The third kappa shape index (κ3) is 3.55. The smallest absolute Gasteiger partial charge is 0.258 e. The molecule has 5 nitrogen and oxygen atoms in total. The topological polar surface area (TPSA) is 79.8 Å². The van der Waals surface area contributed by atoms with E-state index in [9.17, 15) is 28.5 Å². The average Bonchev–Trinajstić information content (AvgIpc) is 3.02. The lowest BCUT2D eigenvalue weighted by Crippen LogP contribution is -2.03. The van der Waals surface area contributed by atoms with Crippen molar-refractivity contribution in [3.8, 4) is 6.07 Å². The van der Waals surface area contributed by atoms with Crippen LogP contribution in [0.2, 0.25) is 0 Å². The Kier molecular flexibility index (Phi) is 4.44. The van der Waals surface area contributed by atoms with Gasteiger partial charge in [-0.15, -0.1) is 11.3 Å². The maximum Gasteiger partial charge on any atom is 0.416 e. The summed E-state index contributed by atoms with van der Waals surface area (Å²) in [6, 6.07) is 10.8. The number of fused-ring (bicyclic) bond motifs is 1. The van der Waals surface area contributed by atoms with Gasteiger partial charge in [0.15, 0.2) is 0 Å². The lowest BCUT2D eigenvalue weighted by Gasteiger charge is -2.04. The SMILES string of the molecule is N#C/C(=C\c1cccc([N+](=O)[O-])c1)c1nc2cc(C(F)(F)F)ccc2s1. The van der Waals surface area contributed by atoms with Crippen molar-refractivity contribution in [2.24, 2.45) is 0 Å². The van der Waals surface area contributed by atoms with E-state index in [1.165, 1.54) is 30.3 Å². The second kappa shape index (κ2) is 6.57. The Hall–Kier alpha value is -3.25. The van der Waals surface area contributed by atoms with Crippen LogP contribution in [0.4, 0.5) is 18.9 Å². The number of aromatic nitrogens is 1. The van der Waals surface area contributed by atoms with Crippen LogP contribution < -0.4 is 0 Å². The molecule has 26 heavy (non-hydrogen) atoms. The molecule has 0 aliphatic carbocycles. The number of rotatable bonds is 3. The predicted molar refractivity (Wildman–Crippen MR) is 91.2 cm³/mol. The molecule has 1 heterocycles. The Balaban J connectivity index is 2.04. The number of alkyl halides is 3. The summed E-state index contributed by atoms with van der Waals surface area (Å²) in [6.45, 7) is 0. The van der Waals surface area contributed by atoms with Gasteiger partial charge in [-0.1, -0.05) is 12.1 Å². The van der Waals surface area contributed by atoms with Crippen LogP contribution in [0, 0.1) is 21.4 Å². The minimum absolute atomic E-state index is 0.111. The molecule has 9 heteroatoms. The zero-order valence-corrected chi connectivity index (χ0v) is 13.6. The van der Waals surface area contributed by atoms with Gasteiger partial charge >= 0.3 is 6.18 Å². The van der Waals surface area contributed by atoms with E-state index in [0.717, 1.165) is 23.5 Å². The Morgan fingerprint density at radius 2 is 2.04 bits per heavy atom. The molecule has 1 aromatic heterocycles. The third-order valence-corrected chi connectivity index (χ3v) is 4.53. The van der Waals surface area contributed by atoms with E-state index in [4.69, 9.17) is 0 Å². The molecule has 0 atom stereocenters. The summed E-state index contributed by atoms with van der Waals surface area (Å²) in [4.78, 5) is 14.4. The zero-order chi connectivity index (χ0) is 18.9. The summed E-state index contributed by atoms with van der Waals surface area (Å²) < 4.78 is 38.9. The van der Waals surface area contributed by atoms with Gasteiger partial charge in [-0.05, 0) is 29.8 Å². The fourth-order valence-electron chi connectivity index (χ4n) is 2.26. The first-order valence-corrected chi connectivity index (χ1v) is 7.94. The number of nitro groups is 1. The molecule has 130 valence electrons. The second-order valence-electron chi connectivity index (χ2n) is 5.22. The molecular formula is C17H8F3N3O2S. The van der Waals surface area contributed by atoms with Gasteiger partial charge in [0, 0.05) is 12.1 Å². The van der Waals surface area contributed by atoms with Crippen molar-refractivity contribution in [2.75, 3.05) is 0 Å². The highest BCUT2D eigenvalue weighted by atomic mass is 32.1. The zero-order valence-electron chi connectivity index (χ0n) is 12.8. The van der Waals surface area contributed by atoms with Gasteiger partial charge in [0.05, 0.1) is 26.3 Å². The molecule has 2 aromatic carbocycles. The Morgan fingerprint density at radius 1 is 1.27 bits per heavy atom. The molecule has 3 aromatic rings. The van der Waals surface area contributed by atoms with E-state index in [1.807, 2.05) is 6.07 Å². The molecule has 0 fully saturated rings. The standard InChI is InChI=1S/C17H8F3N3O2S/c18-17(19,20)12-4-5-15-14(8-12)22-16(26-15)11(9-21)6-10-2-1-3-13(7-10)23(24)25/h1-8H/b11-6+. The molecule has 0 amide bonds. The summed E-state index contributed by atoms with van der Waals surface area (Å²) in [5, 5.41) is 20.4. The van der Waals surface area contributed by atoms with Gasteiger partial charge < -0.3 is 0 Å². The highest BCUT2D eigenvalue weighted by Crippen LogP contribution is 2.34. The number of hydrogen-bond acceptors (Lipinski definition) is 5. The number of non-ortho nitro benzene ring substituents is 1. The van der Waals surface area contributed by atoms with E-state index < -0.39 is 16.7 Å². The third-order valence-electron chi connectivity index (χ3n) is 3.46. The summed E-state index contributed by atoms with van der Waals surface area (Å²) in [5.74, 6) is 0. The van der Waals surface area contributed by atoms with Crippen molar-refractivity contribution in [3.63, 3.8) is 0 Å². The molecule has 3 rings (SSSR count). The molecule has 0 bridgehead atoms. The first-order valence-electron chi connectivity index (χ1n) is 7.12. The van der Waals surface area contributed by atoms with Crippen LogP contribution in [0.3, 0.4) is 0 Å². The Morgan fingerprint density at radius 3 is 2.69 bits per heavy atom. The number of benzene rings is 2. The molecular weight excluding hydrogens is 367 g/mol. The maximum absolute atomic E-state index is 12.8. The van der Waals surface area contributed by atoms with Crippen molar-refractivity contribution >= 4 is 38.9 Å². The van der Waals surface area contributed by atoms with Crippen LogP contribution in [0.15, 0.2) is 42.5 Å². The fourth-order valence-corrected chi connectivity index (χ4v) is 3.17. The second-order valence-corrected chi connectivity index (χ2v) is 6.25. The number of halogens is 3. The van der Waals surface area contributed by atoms with Gasteiger partial charge in [-0.2, -0.15) is 18.4 Å². The Labute approximate surface area is 148 Å². The van der Waals surface area contributed by atoms with E-state index in [-0.39, 0.29) is 21.8 Å². The van der Waals surface area contributed by atoms with Crippen LogP contribution in [-0.4, -0.2) is 9.91 Å². The largest absolute Gasteiger partial charge is 0.416 e. The summed E-state index contributed by atoms with van der Waals surface area (Å²) in [6.07, 6.45) is -3.07. The van der Waals surface area contributed by atoms with Crippen LogP contribution in [0.25, 0.3) is 21.9 Å². The van der Waals surface area contributed by atoms with E-state index in [0.29, 0.717) is 10.3 Å². The molecule has 0 saturated heterocycles. The van der Waals surface area contributed by atoms with Gasteiger partial charge in [0.2, 0.25) is 0 Å². The molecule has 0 aliphatic heterocycles. The van der Waals surface area contributed by atoms with Crippen molar-refractivity contribution < 1.29 is 18.1 Å². The van der Waals surface area contributed by atoms with Crippen LogP contribution in [0.5, 0.6) is 0 Å². The minimum atomic E-state index is -4.48. The molecule has 0 N–H and O–H groups in total. The van der Waals surface area contributed by atoms with Gasteiger partial charge in [0.1, 0.15) is 11.1 Å². The van der Waals surface area contributed by atoms with Crippen LogP contribution in [0.1, 0.15) is 16.1 Å². The van der Waals surface area contributed by atoms with Crippen LogP contribution in [-0.2, 0) is 6.18 Å². The number of hydrogen-bond donors (Lipinski definition) is 0. The lowest BCUT2D eigenvalue weighted by atomic mass is 10.1. The summed E-state index contributed by atoms with van der Waals surface area (Å²) >= 11 is 1.08. The lowest BCUT2D eigenvalue weighted by molar-refractivity contribution is -0.384. The van der Waals surface area contributed by atoms with Crippen LogP contribution >= 0.6 is 11.3 Å². The van der Waals surface area contributed by atoms with Gasteiger partial charge in [0.25, 0.3) is 5.69 Å². The number of thiazole rings is 1. The monoisotopic (exact) mass is 375 g/mol. The summed E-state index contributed by atoms with van der Waals surface area (Å²) in [7, 11) is 0. The number of nitriles is 1. The minimum Gasteiger partial charge on any atom is -0.258 e. The highest BCUT2D eigenvalue weighted by Gasteiger charge is 2.30. The first-order chi connectivity index (χ1) is 12.3. The molecule has 0 unspecified atom stereocenters. The van der Waals surface area contributed by atoms with Crippen molar-refractivity contribution in [1.29, 1.82) is 5.26 Å². The van der Waals surface area contributed by atoms with E-state index in [2.05, 4.69) is 4.98 Å². The molecule has 0 aliphatic rings. The Bertz CT molecular complexity index is 1080. The number of allylic oxidation sites excluding steroid dienone is 1. The average molecular weight is 375 g/mol. The fraction of sp³-hybridized carbons (Fsp3) is 0.0588. The van der Waals surface area contributed by atoms with Crippen molar-refractivity contribution in [1.82, 2.24) is 4.98 Å². The number of nitrogens with zero attached hydrogens (tertiary/aromatic N) is 3. The molecule has 0 radical (unpaired) electrons. The molecule has 0 saturated carbocycles. The quantitative estimate of drug-likeness (QED) is 0.354. The van der Waals surface area contributed by atoms with Crippen molar-refractivity contribution in [3.05, 3.63) is 68.7 Å². The van der Waals surface area contributed by atoms with Gasteiger partial charge in [-0.3, -0.25) is 10.1 Å². The van der Waals surface area contributed by atoms with Crippen molar-refractivity contribution in [2.45, 2.75) is 6.18 Å². The number of nitro benzene ring substituents is 1. The normalized spacial score (nSPS) is 12.2. The van der Waals surface area contributed by atoms with E-state index in [1.54, 1.807) is 6.07 Å². The van der Waals surface area contributed by atoms with E-state index >= 15 is 0 Å². The summed E-state index contributed by atoms with van der Waals surface area (Å²) in [5.41, 5.74) is -0.274. The predicted octanol–water partition coefficient (Wildman–Crippen LogP) is 5.29. The van der Waals surface area contributed by atoms with Gasteiger partial charge in [-0.25, -0.2) is 4.98 Å². The maximum atomic E-state index is 12.8. The molecule has 0 spiro atoms. The first kappa shape index (κ1) is 17.6. The highest BCUT2D eigenvalue weighted by molar-refractivity contribution is 7.19.